The summed E-state index contributed by atoms with van der Waals surface area (Å²) in [5, 5.41) is 0. The van der Waals surface area contributed by atoms with E-state index in [0.717, 1.165) is 22.3 Å². The lowest BCUT2D eigenvalue weighted by atomic mass is 9.94. The van der Waals surface area contributed by atoms with Crippen LogP contribution in [0.3, 0.4) is 0 Å². The monoisotopic (exact) mass is 706 g/mol. The van der Waals surface area contributed by atoms with Crippen LogP contribution in [-0.2, 0) is 0 Å². The molecule has 0 aliphatic rings. The molecule has 0 spiro atoms. The van der Waals surface area contributed by atoms with Gasteiger partial charge in [-0.25, -0.2) is 0 Å². The standard InChI is InChI=1S/C17H18O.C16H18S.C9H12.C8H10/c1-11-5-7-15(13(3)9-11)17(18)16-8-6-12(2)10-14(16)4;1-11-5-7-15(13(3)9-11)17-16-8-6-12(2)10-14(16)4;1-7-4-8(2)6-9(3)5-7;1-7-4-3-5-8(2)6-7/h5-10H,1-4H3;5-10H,1-4H3;4-6H,1-3H3;3-6H,1-2H3. The average molecular weight is 707 g/mol. The molecule has 0 fully saturated rings. The molecule has 6 aromatic carbocycles. The number of rotatable bonds is 4. The highest BCUT2D eigenvalue weighted by atomic mass is 32.2. The molecule has 0 aliphatic carbocycles. The lowest BCUT2D eigenvalue weighted by molar-refractivity contribution is 0.103. The first-order chi connectivity index (χ1) is 24.5. The summed E-state index contributed by atoms with van der Waals surface area (Å²) in [5.74, 6) is 0.116. The molecular formula is C50H58OS. The molecule has 6 rings (SSSR count). The van der Waals surface area contributed by atoms with Crippen LogP contribution < -0.4 is 0 Å². The molecule has 0 heterocycles. The van der Waals surface area contributed by atoms with Crippen molar-refractivity contribution in [3.8, 4) is 0 Å². The summed E-state index contributed by atoms with van der Waals surface area (Å²) >= 11 is 1.86. The van der Waals surface area contributed by atoms with E-state index in [1.54, 1.807) is 0 Å². The normalized spacial score (nSPS) is 10.2. The zero-order valence-electron chi connectivity index (χ0n) is 33.8. The molecule has 0 N–H and O–H groups in total. The maximum atomic E-state index is 12.5. The highest BCUT2D eigenvalue weighted by Crippen LogP contribution is 2.33. The molecule has 2 heteroatoms. The summed E-state index contributed by atoms with van der Waals surface area (Å²) in [6.07, 6.45) is 0. The van der Waals surface area contributed by atoms with Gasteiger partial charge in [-0.3, -0.25) is 4.79 Å². The van der Waals surface area contributed by atoms with Crippen LogP contribution in [0.5, 0.6) is 0 Å². The van der Waals surface area contributed by atoms with Crippen molar-refractivity contribution in [2.75, 3.05) is 0 Å². The quantitative estimate of drug-likeness (QED) is 0.170. The van der Waals surface area contributed by atoms with Gasteiger partial charge in [-0.2, -0.15) is 0 Å². The number of carbonyl (C=O) groups is 1. The third kappa shape index (κ3) is 13.5. The van der Waals surface area contributed by atoms with E-state index in [0.29, 0.717) is 0 Å². The van der Waals surface area contributed by atoms with E-state index in [-0.39, 0.29) is 5.78 Å². The van der Waals surface area contributed by atoms with Crippen molar-refractivity contribution in [3.05, 3.63) is 199 Å². The van der Waals surface area contributed by atoms with Gasteiger partial charge in [0.25, 0.3) is 0 Å². The highest BCUT2D eigenvalue weighted by molar-refractivity contribution is 7.99. The predicted octanol–water partition coefficient (Wildman–Crippen LogP) is 14.1. The van der Waals surface area contributed by atoms with Crippen LogP contribution in [-0.4, -0.2) is 5.78 Å². The molecule has 270 valence electrons. The van der Waals surface area contributed by atoms with E-state index >= 15 is 0 Å². The van der Waals surface area contributed by atoms with Crippen LogP contribution >= 0.6 is 11.8 Å². The van der Waals surface area contributed by atoms with Gasteiger partial charge in [-0.15, -0.1) is 0 Å². The fraction of sp³-hybridized carbons (Fsp3) is 0.260. The van der Waals surface area contributed by atoms with Gasteiger partial charge in [-0.1, -0.05) is 165 Å². The second-order valence-electron chi connectivity index (χ2n) is 14.4. The van der Waals surface area contributed by atoms with Crippen molar-refractivity contribution < 1.29 is 4.79 Å². The van der Waals surface area contributed by atoms with Crippen molar-refractivity contribution in [1.29, 1.82) is 0 Å². The molecular weight excluding hydrogens is 649 g/mol. The van der Waals surface area contributed by atoms with E-state index in [1.165, 1.54) is 71.0 Å². The molecule has 1 nitrogen and oxygen atoms in total. The van der Waals surface area contributed by atoms with Gasteiger partial charge in [-0.05, 0) is 124 Å². The Morgan fingerprint density at radius 3 is 0.904 bits per heavy atom. The maximum Gasteiger partial charge on any atom is 0.193 e. The van der Waals surface area contributed by atoms with E-state index in [1.807, 2.05) is 63.7 Å². The molecule has 0 radical (unpaired) electrons. The third-order valence-electron chi connectivity index (χ3n) is 8.67. The minimum Gasteiger partial charge on any atom is -0.289 e. The molecule has 0 aliphatic heterocycles. The van der Waals surface area contributed by atoms with E-state index in [2.05, 4.69) is 153 Å². The molecule has 52 heavy (non-hydrogen) atoms. The van der Waals surface area contributed by atoms with Crippen LogP contribution in [0.1, 0.15) is 88.2 Å². The average Bonchev–Trinajstić information content (AvgIpc) is 3.03. The van der Waals surface area contributed by atoms with Gasteiger partial charge in [0.15, 0.2) is 5.78 Å². The number of aryl methyl sites for hydroxylation is 13. The Bertz CT molecular complexity index is 1950. The number of ketones is 1. The van der Waals surface area contributed by atoms with Gasteiger partial charge in [0.1, 0.15) is 0 Å². The molecule has 0 atom stereocenters. The first-order valence-corrected chi connectivity index (χ1v) is 18.9. The van der Waals surface area contributed by atoms with Crippen molar-refractivity contribution in [2.24, 2.45) is 0 Å². The van der Waals surface area contributed by atoms with E-state index < -0.39 is 0 Å². The summed E-state index contributed by atoms with van der Waals surface area (Å²) in [4.78, 5) is 15.2. The smallest absolute Gasteiger partial charge is 0.193 e. The largest absolute Gasteiger partial charge is 0.289 e. The number of carbonyl (C=O) groups excluding carboxylic acids is 1. The van der Waals surface area contributed by atoms with Crippen molar-refractivity contribution in [1.82, 2.24) is 0 Å². The Kier molecular flexibility index (Phi) is 15.9. The van der Waals surface area contributed by atoms with E-state index in [4.69, 9.17) is 0 Å². The zero-order chi connectivity index (χ0) is 38.5. The van der Waals surface area contributed by atoms with Gasteiger partial charge in [0.2, 0.25) is 0 Å². The first-order valence-electron chi connectivity index (χ1n) is 18.1. The number of hydrogen-bond donors (Lipinski definition) is 0. The van der Waals surface area contributed by atoms with Crippen LogP contribution in [0.15, 0.2) is 125 Å². The number of benzene rings is 6. The summed E-state index contributed by atoms with van der Waals surface area (Å²) < 4.78 is 0. The molecule has 0 saturated heterocycles. The fourth-order valence-corrected chi connectivity index (χ4v) is 7.19. The summed E-state index contributed by atoms with van der Waals surface area (Å²) in [7, 11) is 0. The second-order valence-corrected chi connectivity index (χ2v) is 15.5. The zero-order valence-corrected chi connectivity index (χ0v) is 34.6. The topological polar surface area (TPSA) is 17.1 Å². The summed E-state index contributed by atoms with van der Waals surface area (Å²) in [6.45, 7) is 27.3. The van der Waals surface area contributed by atoms with E-state index in [9.17, 15) is 4.79 Å². The summed E-state index contributed by atoms with van der Waals surface area (Å²) in [6, 6.07) is 40.2. The molecule has 0 amide bonds. The lowest BCUT2D eigenvalue weighted by Crippen LogP contribution is -2.06. The second kappa shape index (κ2) is 19.8. The molecule has 6 aromatic rings. The van der Waals surface area contributed by atoms with Crippen molar-refractivity contribution in [3.63, 3.8) is 0 Å². The van der Waals surface area contributed by atoms with Gasteiger partial charge < -0.3 is 0 Å². The SMILES string of the molecule is Cc1cc(C)cc(C)c1.Cc1ccc(C(=O)c2ccc(C)cc2C)c(C)c1.Cc1ccc(Sc2ccc(C)cc2C)c(C)c1.Cc1cccc(C)c1. The van der Waals surface area contributed by atoms with Crippen molar-refractivity contribution >= 4 is 17.5 Å². The minimum absolute atomic E-state index is 0.116. The first kappa shape index (κ1) is 41.8. The Morgan fingerprint density at radius 2 is 0.615 bits per heavy atom. The summed E-state index contributed by atoms with van der Waals surface area (Å²) in [5.41, 5.74) is 18.2. The lowest BCUT2D eigenvalue weighted by Gasteiger charge is -2.09. The van der Waals surface area contributed by atoms with Crippen LogP contribution in [0.25, 0.3) is 0 Å². The Morgan fingerprint density at radius 1 is 0.327 bits per heavy atom. The third-order valence-corrected chi connectivity index (χ3v) is 10.0. The van der Waals surface area contributed by atoms with Crippen LogP contribution in [0.4, 0.5) is 0 Å². The molecule has 0 unspecified atom stereocenters. The maximum absolute atomic E-state index is 12.5. The van der Waals surface area contributed by atoms with Gasteiger partial charge in [0.05, 0.1) is 0 Å². The minimum atomic E-state index is 0.116. The number of hydrogen-bond acceptors (Lipinski definition) is 2. The van der Waals surface area contributed by atoms with Crippen LogP contribution in [0, 0.1) is 90.0 Å². The van der Waals surface area contributed by atoms with Crippen LogP contribution in [0.2, 0.25) is 0 Å². The highest BCUT2D eigenvalue weighted by Gasteiger charge is 2.14. The van der Waals surface area contributed by atoms with Gasteiger partial charge in [0, 0.05) is 20.9 Å². The molecule has 0 bridgehead atoms. The molecule has 0 aromatic heterocycles. The van der Waals surface area contributed by atoms with Gasteiger partial charge >= 0.3 is 0 Å². The Balaban J connectivity index is 0.000000198. The molecule has 0 saturated carbocycles. The van der Waals surface area contributed by atoms with Crippen molar-refractivity contribution in [2.45, 2.75) is 99.8 Å². The Labute approximate surface area is 319 Å². The predicted molar refractivity (Wildman–Crippen MR) is 228 cm³/mol. The fourth-order valence-electron chi connectivity index (χ4n) is 6.24. The Hall–Kier alpha value is -4.66.